The van der Waals surface area contributed by atoms with E-state index in [1.54, 1.807) is 18.2 Å². The highest BCUT2D eigenvalue weighted by molar-refractivity contribution is 8.13. The number of thioether (sulfide) groups is 1. The van der Waals surface area contributed by atoms with Gasteiger partial charge in [0.25, 0.3) is 0 Å². The van der Waals surface area contributed by atoms with Gasteiger partial charge in [-0.05, 0) is 17.5 Å². The number of rotatable bonds is 6. The highest BCUT2D eigenvalue weighted by Crippen LogP contribution is 2.23. The van der Waals surface area contributed by atoms with Crippen molar-refractivity contribution in [3.05, 3.63) is 35.4 Å². The Kier molecular flexibility index (Phi) is 6.35. The molecule has 2 unspecified atom stereocenters. The fraction of sp³-hybridized carbons (Fsp3) is 0.462. The van der Waals surface area contributed by atoms with E-state index < -0.39 is 12.2 Å². The molecule has 2 atom stereocenters. The van der Waals surface area contributed by atoms with E-state index in [2.05, 4.69) is 0 Å². The minimum absolute atomic E-state index is 0.0119. The van der Waals surface area contributed by atoms with E-state index in [4.69, 9.17) is 5.11 Å². The molecule has 0 aromatic heterocycles. The molecule has 0 amide bonds. The number of aliphatic hydroxyl groups excluding tert-OH is 3. The number of carbonyl (C=O) groups excluding carboxylic acids is 1. The summed E-state index contributed by atoms with van der Waals surface area (Å²) in [7, 11) is 0. The molecule has 0 heterocycles. The Labute approximate surface area is 111 Å². The summed E-state index contributed by atoms with van der Waals surface area (Å²) in [5, 5.41) is 28.7. The number of hydrogen-bond donors (Lipinski definition) is 3. The molecule has 5 heteroatoms. The van der Waals surface area contributed by atoms with Crippen LogP contribution in [0.25, 0.3) is 0 Å². The van der Waals surface area contributed by atoms with E-state index in [1.807, 2.05) is 6.07 Å². The Balaban J connectivity index is 2.75. The molecule has 1 rings (SSSR count). The van der Waals surface area contributed by atoms with Gasteiger partial charge in [-0.1, -0.05) is 36.0 Å². The summed E-state index contributed by atoms with van der Waals surface area (Å²) in [4.78, 5) is 10.8. The average Bonchev–Trinajstić information content (AvgIpc) is 2.36. The standard InChI is InChI=1S/C13H18O4S/c1-9(15)18-8-12(16)13(17)11-5-3-2-4-10(11)6-7-14/h2-5,12-14,16-17H,6-8H2,1H3. The van der Waals surface area contributed by atoms with Crippen LogP contribution in [-0.4, -0.2) is 38.9 Å². The van der Waals surface area contributed by atoms with Crippen molar-refractivity contribution in [1.29, 1.82) is 0 Å². The maximum Gasteiger partial charge on any atom is 0.185 e. The van der Waals surface area contributed by atoms with E-state index >= 15 is 0 Å². The van der Waals surface area contributed by atoms with Gasteiger partial charge in [0.1, 0.15) is 6.10 Å². The van der Waals surface area contributed by atoms with Crippen molar-refractivity contribution in [2.24, 2.45) is 0 Å². The molecule has 0 saturated heterocycles. The summed E-state index contributed by atoms with van der Waals surface area (Å²) in [6.07, 6.45) is -1.61. The largest absolute Gasteiger partial charge is 0.396 e. The van der Waals surface area contributed by atoms with Gasteiger partial charge in [0, 0.05) is 19.3 Å². The molecule has 1 aromatic rings. The molecule has 0 radical (unpaired) electrons. The van der Waals surface area contributed by atoms with Gasteiger partial charge in [0.2, 0.25) is 0 Å². The minimum Gasteiger partial charge on any atom is -0.396 e. The quantitative estimate of drug-likeness (QED) is 0.716. The molecule has 0 aliphatic carbocycles. The minimum atomic E-state index is -1.04. The number of aliphatic hydroxyl groups is 3. The first-order valence-corrected chi connectivity index (χ1v) is 6.73. The van der Waals surface area contributed by atoms with Crippen LogP contribution in [0.3, 0.4) is 0 Å². The highest BCUT2D eigenvalue weighted by atomic mass is 32.2. The van der Waals surface area contributed by atoms with Gasteiger partial charge in [-0.25, -0.2) is 0 Å². The van der Waals surface area contributed by atoms with Crippen molar-refractivity contribution in [1.82, 2.24) is 0 Å². The van der Waals surface area contributed by atoms with Gasteiger partial charge in [0.05, 0.1) is 6.10 Å². The second-order valence-electron chi connectivity index (χ2n) is 3.99. The second-order valence-corrected chi connectivity index (χ2v) is 5.18. The molecule has 4 nitrogen and oxygen atoms in total. The summed E-state index contributed by atoms with van der Waals surface area (Å²) >= 11 is 0.983. The first-order valence-electron chi connectivity index (χ1n) is 5.74. The van der Waals surface area contributed by atoms with Crippen molar-refractivity contribution in [3.63, 3.8) is 0 Å². The van der Waals surface area contributed by atoms with Crippen LogP contribution in [0.1, 0.15) is 24.2 Å². The Hall–Kier alpha value is -0.880. The van der Waals surface area contributed by atoms with E-state index in [1.165, 1.54) is 6.92 Å². The molecule has 0 aliphatic rings. The number of benzene rings is 1. The monoisotopic (exact) mass is 270 g/mol. The van der Waals surface area contributed by atoms with Crippen LogP contribution in [-0.2, 0) is 11.2 Å². The van der Waals surface area contributed by atoms with Gasteiger partial charge < -0.3 is 15.3 Å². The summed E-state index contributed by atoms with van der Waals surface area (Å²) in [5.41, 5.74) is 1.41. The Morgan fingerprint density at radius 3 is 2.61 bits per heavy atom. The van der Waals surface area contributed by atoms with E-state index in [-0.39, 0.29) is 17.5 Å². The van der Waals surface area contributed by atoms with Crippen molar-refractivity contribution < 1.29 is 20.1 Å². The first kappa shape index (κ1) is 15.2. The smallest absolute Gasteiger partial charge is 0.185 e. The second kappa shape index (κ2) is 7.53. The van der Waals surface area contributed by atoms with E-state index in [9.17, 15) is 15.0 Å². The molecule has 100 valence electrons. The number of carbonyl (C=O) groups is 1. The lowest BCUT2D eigenvalue weighted by Gasteiger charge is -2.20. The maximum absolute atomic E-state index is 10.8. The maximum atomic E-state index is 10.8. The molecule has 1 aromatic carbocycles. The van der Waals surface area contributed by atoms with Crippen LogP contribution in [0.2, 0.25) is 0 Å². The lowest BCUT2D eigenvalue weighted by molar-refractivity contribution is -0.109. The van der Waals surface area contributed by atoms with Gasteiger partial charge in [-0.15, -0.1) is 0 Å². The molecule has 3 N–H and O–H groups in total. The van der Waals surface area contributed by atoms with Crippen LogP contribution in [0.5, 0.6) is 0 Å². The van der Waals surface area contributed by atoms with Crippen molar-refractivity contribution in [3.8, 4) is 0 Å². The van der Waals surface area contributed by atoms with Gasteiger partial charge in [-0.3, -0.25) is 4.79 Å². The van der Waals surface area contributed by atoms with Crippen molar-refractivity contribution >= 4 is 16.9 Å². The number of hydrogen-bond acceptors (Lipinski definition) is 5. The van der Waals surface area contributed by atoms with Crippen LogP contribution in [0, 0.1) is 0 Å². The van der Waals surface area contributed by atoms with E-state index in [0.717, 1.165) is 17.3 Å². The van der Waals surface area contributed by atoms with Gasteiger partial charge in [-0.2, -0.15) is 0 Å². The lowest BCUT2D eigenvalue weighted by Crippen LogP contribution is -2.22. The van der Waals surface area contributed by atoms with Crippen LogP contribution < -0.4 is 0 Å². The highest BCUT2D eigenvalue weighted by Gasteiger charge is 2.21. The summed E-state index contributed by atoms with van der Waals surface area (Å²) in [6.45, 7) is 1.41. The molecule has 0 spiro atoms. The summed E-state index contributed by atoms with van der Waals surface area (Å²) in [6, 6.07) is 7.11. The molecular weight excluding hydrogens is 252 g/mol. The fourth-order valence-electron chi connectivity index (χ4n) is 1.67. The molecule has 0 fully saturated rings. The molecule has 18 heavy (non-hydrogen) atoms. The summed E-state index contributed by atoms with van der Waals surface area (Å²) < 4.78 is 0. The Morgan fingerprint density at radius 1 is 1.33 bits per heavy atom. The average molecular weight is 270 g/mol. The molecular formula is C13H18O4S. The SMILES string of the molecule is CC(=O)SCC(O)C(O)c1ccccc1CCO. The molecule has 0 bridgehead atoms. The van der Waals surface area contributed by atoms with Crippen LogP contribution >= 0.6 is 11.8 Å². The first-order chi connectivity index (χ1) is 8.56. The van der Waals surface area contributed by atoms with Crippen molar-refractivity contribution in [2.45, 2.75) is 25.6 Å². The zero-order valence-corrected chi connectivity index (χ0v) is 11.1. The Bertz CT molecular complexity index is 394. The van der Waals surface area contributed by atoms with Gasteiger partial charge >= 0.3 is 0 Å². The van der Waals surface area contributed by atoms with E-state index in [0.29, 0.717) is 12.0 Å². The van der Waals surface area contributed by atoms with Crippen molar-refractivity contribution in [2.75, 3.05) is 12.4 Å². The fourth-order valence-corrected chi connectivity index (χ4v) is 2.26. The lowest BCUT2D eigenvalue weighted by atomic mass is 9.97. The zero-order chi connectivity index (χ0) is 13.5. The zero-order valence-electron chi connectivity index (χ0n) is 10.2. The summed E-state index contributed by atoms with van der Waals surface area (Å²) in [5.74, 6) is 0.157. The molecule has 0 aliphatic heterocycles. The predicted octanol–water partition coefficient (Wildman–Crippen LogP) is 0.895. The van der Waals surface area contributed by atoms with Crippen LogP contribution in [0.15, 0.2) is 24.3 Å². The predicted molar refractivity (Wildman–Crippen MR) is 71.3 cm³/mol. The topological polar surface area (TPSA) is 77.8 Å². The Morgan fingerprint density at radius 2 is 2.00 bits per heavy atom. The third-order valence-electron chi connectivity index (χ3n) is 2.58. The third-order valence-corrected chi connectivity index (χ3v) is 3.49. The van der Waals surface area contributed by atoms with Gasteiger partial charge in [0.15, 0.2) is 5.12 Å². The molecule has 0 saturated carbocycles. The van der Waals surface area contributed by atoms with Crippen LogP contribution in [0.4, 0.5) is 0 Å². The normalized spacial score (nSPS) is 14.2. The third kappa shape index (κ3) is 4.42.